The lowest BCUT2D eigenvalue weighted by Crippen LogP contribution is -2.61. The summed E-state index contributed by atoms with van der Waals surface area (Å²) in [5.41, 5.74) is 3.17. The highest BCUT2D eigenvalue weighted by Gasteiger charge is 2.49. The van der Waals surface area contributed by atoms with Crippen molar-refractivity contribution in [2.75, 3.05) is 70.2 Å². The Morgan fingerprint density at radius 3 is 2.60 bits per heavy atom. The molecule has 1 saturated carbocycles. The largest absolute Gasteiger partial charge is 0.491 e. The zero-order chi connectivity index (χ0) is 37.2. The summed E-state index contributed by atoms with van der Waals surface area (Å²) >= 11 is 6.43. The van der Waals surface area contributed by atoms with E-state index in [4.69, 9.17) is 21.1 Å². The fraction of sp³-hybridized carbons (Fsp3) is 0.643. The van der Waals surface area contributed by atoms with Gasteiger partial charge in [-0.1, -0.05) is 50.1 Å². The molecule has 1 amide bonds. The predicted molar refractivity (Wildman–Crippen MR) is 213 cm³/mol. The molecule has 4 heterocycles. The first-order valence-electron chi connectivity index (χ1n) is 20.1. The van der Waals surface area contributed by atoms with Crippen LogP contribution in [0, 0.1) is 23.7 Å². The Hall–Kier alpha value is -2.63. The van der Waals surface area contributed by atoms with Gasteiger partial charge >= 0.3 is 0 Å². The van der Waals surface area contributed by atoms with Crippen LogP contribution in [0.15, 0.2) is 48.6 Å². The number of methoxy groups -OCH3 is 1. The van der Waals surface area contributed by atoms with E-state index in [0.717, 1.165) is 88.5 Å². The Labute approximate surface area is 322 Å². The maximum Gasteiger partial charge on any atom is 0.264 e. The second kappa shape index (κ2) is 16.6. The minimum absolute atomic E-state index is 0.0315. The van der Waals surface area contributed by atoms with E-state index < -0.39 is 21.5 Å². The first kappa shape index (κ1) is 38.6. The SMILES string of the molecule is CO[C@]1(CN2CCN3CCCC[C@@H]3C2)/C=C/[C@H](C)[C@H](C)CS(=O)(=O)NC(=O)c2ccc3c(c2)N(CCCCc2cc(Cl)ccc2CCO3)C[C@@H]2CC[C@H]21. The fourth-order valence-electron chi connectivity index (χ4n) is 9.55. The molecule has 2 bridgehead atoms. The molecule has 2 saturated heterocycles. The standard InChI is InChI=1S/C42H59ClN4O5S/c1-30-16-18-42(51-3,29-45-21-22-46-19-7-5-9-37(46)27-45)38-14-11-35(38)26-47-20-6-4-8-33-24-36(43)13-10-32(33)17-23-52-40-15-12-34(25-39(40)47)41(48)44-53(49,50)28-31(30)2/h10,12-13,15-16,18,24-25,30-31,35,37-38H,4-9,11,14,17,19-23,26-29H2,1-3H3,(H,44,48)/b18-16+/t30-,31+,35-,37+,38+,42-/m0/s1. The normalized spacial score (nSPS) is 32.3. The van der Waals surface area contributed by atoms with Gasteiger partial charge in [0.05, 0.1) is 18.0 Å². The average Bonchev–Trinajstić information content (AvgIpc) is 3.12. The van der Waals surface area contributed by atoms with Crippen LogP contribution < -0.4 is 14.4 Å². The molecule has 3 fully saturated rings. The summed E-state index contributed by atoms with van der Waals surface area (Å²) in [6.07, 6.45) is 14.1. The summed E-state index contributed by atoms with van der Waals surface area (Å²) in [5, 5.41) is 0.757. The third kappa shape index (κ3) is 8.93. The van der Waals surface area contributed by atoms with E-state index >= 15 is 0 Å². The number of carbonyl (C=O) groups excluding carboxylic acids is 1. The molecule has 2 aromatic carbocycles. The minimum atomic E-state index is -3.90. The molecule has 0 aromatic heterocycles. The molecule has 2 aromatic rings. The van der Waals surface area contributed by atoms with Gasteiger partial charge in [-0.25, -0.2) is 13.1 Å². The monoisotopic (exact) mass is 766 g/mol. The van der Waals surface area contributed by atoms with Crippen molar-refractivity contribution in [3.8, 4) is 5.75 Å². The number of anilines is 1. The number of halogens is 1. The number of piperazine rings is 1. The van der Waals surface area contributed by atoms with Gasteiger partial charge in [-0.15, -0.1) is 0 Å². The smallest absolute Gasteiger partial charge is 0.264 e. The summed E-state index contributed by atoms with van der Waals surface area (Å²) in [6, 6.07) is 12.1. The van der Waals surface area contributed by atoms with Crippen molar-refractivity contribution in [1.29, 1.82) is 0 Å². The van der Waals surface area contributed by atoms with Gasteiger partial charge in [0.2, 0.25) is 10.0 Å². The molecule has 7 rings (SSSR count). The van der Waals surface area contributed by atoms with Gasteiger partial charge in [0.15, 0.2) is 0 Å². The second-order valence-corrected chi connectivity index (χ2v) is 18.7. The van der Waals surface area contributed by atoms with Crippen LogP contribution in [-0.2, 0) is 27.6 Å². The molecule has 0 unspecified atom stereocenters. The number of rotatable bonds is 3. The fourth-order valence-corrected chi connectivity index (χ4v) is 11.2. The van der Waals surface area contributed by atoms with Crippen LogP contribution in [0.1, 0.15) is 80.3 Å². The number of piperidine rings is 1. The van der Waals surface area contributed by atoms with Crippen molar-refractivity contribution in [2.45, 2.75) is 83.3 Å². The summed E-state index contributed by atoms with van der Waals surface area (Å²) in [7, 11) is -2.02. The highest BCUT2D eigenvalue weighted by molar-refractivity contribution is 7.90. The molecule has 53 heavy (non-hydrogen) atoms. The van der Waals surface area contributed by atoms with Crippen molar-refractivity contribution in [3.63, 3.8) is 0 Å². The number of ether oxygens (including phenoxy) is 2. The molecule has 290 valence electrons. The lowest BCUT2D eigenvalue weighted by molar-refractivity contribution is -0.100. The van der Waals surface area contributed by atoms with Crippen molar-refractivity contribution in [1.82, 2.24) is 14.5 Å². The van der Waals surface area contributed by atoms with E-state index in [-0.39, 0.29) is 17.6 Å². The van der Waals surface area contributed by atoms with E-state index in [9.17, 15) is 13.2 Å². The Morgan fingerprint density at radius 1 is 0.943 bits per heavy atom. The number of carbonyl (C=O) groups is 1. The number of hydrogen-bond donors (Lipinski definition) is 1. The molecule has 1 N–H and O–H groups in total. The zero-order valence-corrected chi connectivity index (χ0v) is 33.5. The van der Waals surface area contributed by atoms with Gasteiger partial charge < -0.3 is 14.4 Å². The van der Waals surface area contributed by atoms with E-state index in [0.29, 0.717) is 35.8 Å². The van der Waals surface area contributed by atoms with Crippen molar-refractivity contribution in [2.24, 2.45) is 23.7 Å². The third-order valence-corrected chi connectivity index (χ3v) is 14.8. The summed E-state index contributed by atoms with van der Waals surface area (Å²) in [6.45, 7) is 11.3. The third-order valence-electron chi connectivity index (χ3n) is 13.1. The Balaban J connectivity index is 1.24. The summed E-state index contributed by atoms with van der Waals surface area (Å²) < 4.78 is 42.5. The zero-order valence-electron chi connectivity index (χ0n) is 31.9. The number of nitrogens with zero attached hydrogens (tertiary/aromatic N) is 3. The van der Waals surface area contributed by atoms with E-state index in [1.807, 2.05) is 32.2 Å². The number of amides is 1. The number of benzene rings is 2. The summed E-state index contributed by atoms with van der Waals surface area (Å²) in [4.78, 5) is 21.3. The number of sulfonamides is 1. The van der Waals surface area contributed by atoms with Crippen molar-refractivity contribution < 1.29 is 22.7 Å². The average molecular weight is 767 g/mol. The number of aryl methyl sites for hydroxylation is 1. The molecule has 6 atom stereocenters. The van der Waals surface area contributed by atoms with Crippen LogP contribution in [0.3, 0.4) is 0 Å². The summed E-state index contributed by atoms with van der Waals surface area (Å²) in [5.74, 6) is 0.382. The van der Waals surface area contributed by atoms with Gasteiger partial charge in [-0.05, 0) is 117 Å². The molecule has 11 heteroatoms. The van der Waals surface area contributed by atoms with Crippen LogP contribution in [0.4, 0.5) is 5.69 Å². The number of allylic oxidation sites excluding steroid dienone is 1. The van der Waals surface area contributed by atoms with E-state index in [1.54, 1.807) is 6.07 Å². The van der Waals surface area contributed by atoms with Crippen molar-refractivity contribution in [3.05, 3.63) is 70.3 Å². The van der Waals surface area contributed by atoms with E-state index in [2.05, 4.69) is 50.6 Å². The van der Waals surface area contributed by atoms with Crippen LogP contribution in [0.5, 0.6) is 5.75 Å². The maximum atomic E-state index is 13.6. The van der Waals surface area contributed by atoms with Crippen LogP contribution in [0.2, 0.25) is 5.02 Å². The lowest BCUT2D eigenvalue weighted by Gasteiger charge is -2.53. The van der Waals surface area contributed by atoms with Crippen LogP contribution in [0.25, 0.3) is 0 Å². The highest BCUT2D eigenvalue weighted by Crippen LogP contribution is 2.47. The van der Waals surface area contributed by atoms with Crippen molar-refractivity contribution >= 4 is 33.2 Å². The quantitative estimate of drug-likeness (QED) is 0.351. The Morgan fingerprint density at radius 2 is 1.79 bits per heavy atom. The minimum Gasteiger partial charge on any atom is -0.491 e. The number of nitrogens with one attached hydrogen (secondary N) is 1. The highest BCUT2D eigenvalue weighted by atomic mass is 35.5. The van der Waals surface area contributed by atoms with Gasteiger partial charge in [-0.2, -0.15) is 0 Å². The molecular formula is C42H59ClN4O5S. The first-order valence-corrected chi connectivity index (χ1v) is 22.1. The Bertz CT molecular complexity index is 1750. The molecule has 1 aliphatic carbocycles. The molecule has 9 nitrogen and oxygen atoms in total. The first-order chi connectivity index (χ1) is 25.5. The molecular weight excluding hydrogens is 708 g/mol. The van der Waals surface area contributed by atoms with Gasteiger partial charge in [0.1, 0.15) is 11.4 Å². The van der Waals surface area contributed by atoms with Gasteiger partial charge in [0, 0.05) is 69.4 Å². The number of fused-ring (bicyclic) bond motifs is 4. The van der Waals surface area contributed by atoms with Crippen LogP contribution >= 0.6 is 11.6 Å². The number of hydrogen-bond acceptors (Lipinski definition) is 8. The van der Waals surface area contributed by atoms with Gasteiger partial charge in [0.25, 0.3) is 5.91 Å². The maximum absolute atomic E-state index is 13.6. The Kier molecular flexibility index (Phi) is 12.1. The molecule has 4 aliphatic heterocycles. The topological polar surface area (TPSA) is 91.4 Å². The van der Waals surface area contributed by atoms with Gasteiger partial charge in [-0.3, -0.25) is 14.6 Å². The molecule has 0 spiro atoms. The predicted octanol–water partition coefficient (Wildman–Crippen LogP) is 6.59. The van der Waals surface area contributed by atoms with Crippen LogP contribution in [-0.4, -0.2) is 101 Å². The molecule has 0 radical (unpaired) electrons. The molecule has 5 aliphatic rings. The second-order valence-electron chi connectivity index (χ2n) is 16.5. The lowest BCUT2D eigenvalue weighted by atomic mass is 9.63. The van der Waals surface area contributed by atoms with E-state index in [1.165, 1.54) is 36.9 Å².